The van der Waals surface area contributed by atoms with Gasteiger partial charge in [-0.3, -0.25) is 20.4 Å². The Morgan fingerprint density at radius 3 is 2.39 bits per heavy atom. The largest absolute Gasteiger partial charge is 0.273 e. The Kier molecular flexibility index (Phi) is 7.31. The molecule has 0 bridgehead atoms. The Labute approximate surface area is 200 Å². The van der Waals surface area contributed by atoms with E-state index >= 15 is 0 Å². The lowest BCUT2D eigenvalue weighted by Gasteiger charge is -2.08. The molecule has 0 aliphatic rings. The van der Waals surface area contributed by atoms with Gasteiger partial charge in [0.15, 0.2) is 5.16 Å². The summed E-state index contributed by atoms with van der Waals surface area (Å²) in [5, 5.41) is 1.64. The molecule has 33 heavy (non-hydrogen) atoms. The molecule has 4 aromatic rings. The van der Waals surface area contributed by atoms with E-state index in [4.69, 9.17) is 0 Å². The van der Waals surface area contributed by atoms with Crippen molar-refractivity contribution >= 4 is 45.1 Å². The highest BCUT2D eigenvalue weighted by atomic mass is 32.2. The van der Waals surface area contributed by atoms with Crippen LogP contribution >= 0.6 is 23.1 Å². The predicted octanol–water partition coefficient (Wildman–Crippen LogP) is 4.39. The molecule has 7 nitrogen and oxygen atoms in total. The average molecular weight is 478 g/mol. The average Bonchev–Trinajstić information content (AvgIpc) is 3.23. The number of para-hydroxylation sites is 1. The SMILES string of the molecule is Cc1cc(C)nc(SCc2ccc(C(=O)NNC(=O)CCc3nc4ccccc4s3)cc2)n1. The van der Waals surface area contributed by atoms with Gasteiger partial charge in [0.25, 0.3) is 5.91 Å². The summed E-state index contributed by atoms with van der Waals surface area (Å²) in [7, 11) is 0. The number of thioether (sulfide) groups is 1. The first-order valence-corrected chi connectivity index (χ1v) is 12.2. The normalized spacial score (nSPS) is 10.8. The molecule has 0 aliphatic heterocycles. The topological polar surface area (TPSA) is 96.9 Å². The number of nitrogens with one attached hydrogen (secondary N) is 2. The minimum absolute atomic E-state index is 0.247. The molecule has 0 saturated carbocycles. The molecule has 0 saturated heterocycles. The Bertz CT molecular complexity index is 1230. The van der Waals surface area contributed by atoms with Gasteiger partial charge < -0.3 is 0 Å². The van der Waals surface area contributed by atoms with Gasteiger partial charge in [-0.1, -0.05) is 36.0 Å². The van der Waals surface area contributed by atoms with Gasteiger partial charge in [-0.2, -0.15) is 0 Å². The van der Waals surface area contributed by atoms with Crippen LogP contribution in [0.4, 0.5) is 0 Å². The Morgan fingerprint density at radius 1 is 0.939 bits per heavy atom. The number of carbonyl (C=O) groups is 2. The molecule has 9 heteroatoms. The summed E-state index contributed by atoms with van der Waals surface area (Å²) >= 11 is 3.13. The summed E-state index contributed by atoms with van der Waals surface area (Å²) in [5.41, 5.74) is 9.30. The van der Waals surface area contributed by atoms with Crippen LogP contribution < -0.4 is 10.9 Å². The maximum absolute atomic E-state index is 12.3. The second kappa shape index (κ2) is 10.5. The van der Waals surface area contributed by atoms with E-state index in [1.165, 1.54) is 0 Å². The molecule has 0 atom stereocenters. The van der Waals surface area contributed by atoms with E-state index < -0.39 is 0 Å². The Morgan fingerprint density at radius 2 is 1.67 bits per heavy atom. The van der Waals surface area contributed by atoms with Crippen LogP contribution in [0.5, 0.6) is 0 Å². The molecule has 4 rings (SSSR count). The van der Waals surface area contributed by atoms with Crippen LogP contribution in [0.1, 0.15) is 38.7 Å². The lowest BCUT2D eigenvalue weighted by atomic mass is 10.1. The van der Waals surface area contributed by atoms with Crippen LogP contribution in [0.2, 0.25) is 0 Å². The van der Waals surface area contributed by atoms with Crippen molar-refractivity contribution in [2.75, 3.05) is 0 Å². The number of benzene rings is 2. The zero-order chi connectivity index (χ0) is 23.2. The van der Waals surface area contributed by atoms with E-state index in [0.29, 0.717) is 17.7 Å². The molecular weight excluding hydrogens is 454 g/mol. The zero-order valence-electron chi connectivity index (χ0n) is 18.3. The number of hydrogen-bond donors (Lipinski definition) is 2. The van der Waals surface area contributed by atoms with Crippen LogP contribution in [0.15, 0.2) is 59.8 Å². The van der Waals surface area contributed by atoms with Gasteiger partial charge in [0, 0.05) is 35.5 Å². The number of amides is 2. The molecule has 0 fully saturated rings. The first-order valence-electron chi connectivity index (χ1n) is 10.4. The molecule has 0 unspecified atom stereocenters. The summed E-state index contributed by atoms with van der Waals surface area (Å²) in [5.74, 6) is 0.0806. The van der Waals surface area contributed by atoms with Crippen LogP contribution in [-0.4, -0.2) is 26.8 Å². The van der Waals surface area contributed by atoms with Gasteiger partial charge in [-0.25, -0.2) is 15.0 Å². The van der Waals surface area contributed by atoms with E-state index in [1.54, 1.807) is 35.2 Å². The predicted molar refractivity (Wildman–Crippen MR) is 131 cm³/mol. The number of hydrogen-bond acceptors (Lipinski definition) is 7. The first-order chi connectivity index (χ1) is 16.0. The molecule has 0 spiro atoms. The van der Waals surface area contributed by atoms with Crippen molar-refractivity contribution < 1.29 is 9.59 Å². The van der Waals surface area contributed by atoms with Crippen LogP contribution in [0.25, 0.3) is 10.2 Å². The lowest BCUT2D eigenvalue weighted by molar-refractivity contribution is -0.121. The highest BCUT2D eigenvalue weighted by molar-refractivity contribution is 7.98. The smallest absolute Gasteiger partial charge is 0.269 e. The van der Waals surface area contributed by atoms with Crippen molar-refractivity contribution in [3.63, 3.8) is 0 Å². The maximum Gasteiger partial charge on any atom is 0.269 e. The second-order valence-electron chi connectivity index (χ2n) is 7.50. The van der Waals surface area contributed by atoms with Gasteiger partial charge in [0.2, 0.25) is 5.91 Å². The monoisotopic (exact) mass is 477 g/mol. The quantitative estimate of drug-likeness (QED) is 0.233. The first kappa shape index (κ1) is 22.9. The minimum atomic E-state index is -0.361. The van der Waals surface area contributed by atoms with E-state index in [1.807, 2.05) is 56.3 Å². The third-order valence-electron chi connectivity index (χ3n) is 4.77. The number of fused-ring (bicyclic) bond motifs is 1. The molecule has 0 radical (unpaired) electrons. The third-order valence-corrected chi connectivity index (χ3v) is 6.78. The van der Waals surface area contributed by atoms with E-state index in [9.17, 15) is 9.59 Å². The maximum atomic E-state index is 12.3. The standard InChI is InChI=1S/C24H23N5O2S2/c1-15-13-16(2)26-24(25-15)32-14-17-7-9-18(10-8-17)23(31)29-28-21(30)11-12-22-27-19-5-3-4-6-20(19)33-22/h3-10,13H,11-12,14H2,1-2H3,(H,28,30)(H,29,31). The number of carbonyl (C=O) groups excluding carboxylic acids is 2. The van der Waals surface area contributed by atoms with Gasteiger partial charge in [-0.15, -0.1) is 11.3 Å². The number of aromatic nitrogens is 3. The van der Waals surface area contributed by atoms with Crippen molar-refractivity contribution in [1.82, 2.24) is 25.8 Å². The van der Waals surface area contributed by atoms with E-state index in [-0.39, 0.29) is 18.2 Å². The van der Waals surface area contributed by atoms with E-state index in [0.717, 1.165) is 37.3 Å². The van der Waals surface area contributed by atoms with Crippen molar-refractivity contribution in [3.05, 3.63) is 82.1 Å². The Hall–Kier alpha value is -3.30. The fraction of sp³-hybridized carbons (Fsp3) is 0.208. The molecule has 2 aromatic heterocycles. The van der Waals surface area contributed by atoms with Crippen LogP contribution in [0.3, 0.4) is 0 Å². The molecule has 0 aliphatic carbocycles. The summed E-state index contributed by atoms with van der Waals surface area (Å²) in [6.45, 7) is 3.90. The van der Waals surface area contributed by atoms with Crippen molar-refractivity contribution in [3.8, 4) is 0 Å². The number of thiazole rings is 1. The zero-order valence-corrected chi connectivity index (χ0v) is 19.9. The number of nitrogens with zero attached hydrogens (tertiary/aromatic N) is 3. The molecular formula is C24H23N5O2S2. The fourth-order valence-electron chi connectivity index (χ4n) is 3.17. The third kappa shape index (κ3) is 6.36. The van der Waals surface area contributed by atoms with Gasteiger partial charge in [-0.05, 0) is 49.7 Å². The second-order valence-corrected chi connectivity index (χ2v) is 9.55. The fourth-order valence-corrected chi connectivity index (χ4v) is 5.04. The minimum Gasteiger partial charge on any atom is -0.273 e. The molecule has 168 valence electrons. The van der Waals surface area contributed by atoms with Crippen molar-refractivity contribution in [2.24, 2.45) is 0 Å². The van der Waals surface area contributed by atoms with Crippen LogP contribution in [-0.2, 0) is 17.0 Å². The van der Waals surface area contributed by atoms with Gasteiger partial charge in [0.1, 0.15) is 0 Å². The number of hydrazine groups is 1. The highest BCUT2D eigenvalue weighted by Crippen LogP contribution is 2.22. The molecule has 2 aromatic carbocycles. The van der Waals surface area contributed by atoms with Crippen LogP contribution in [0, 0.1) is 13.8 Å². The lowest BCUT2D eigenvalue weighted by Crippen LogP contribution is -2.41. The number of aryl methyl sites for hydroxylation is 3. The summed E-state index contributed by atoms with van der Waals surface area (Å²) in [6, 6.07) is 17.1. The summed E-state index contributed by atoms with van der Waals surface area (Å²) in [4.78, 5) is 37.8. The van der Waals surface area contributed by atoms with Gasteiger partial charge in [0.05, 0.1) is 15.2 Å². The summed E-state index contributed by atoms with van der Waals surface area (Å²) < 4.78 is 1.10. The summed E-state index contributed by atoms with van der Waals surface area (Å²) in [6.07, 6.45) is 0.772. The molecule has 2 amide bonds. The van der Waals surface area contributed by atoms with Gasteiger partial charge >= 0.3 is 0 Å². The number of rotatable bonds is 7. The molecule has 2 N–H and O–H groups in total. The highest BCUT2D eigenvalue weighted by Gasteiger charge is 2.10. The van der Waals surface area contributed by atoms with Crippen molar-refractivity contribution in [2.45, 2.75) is 37.6 Å². The Balaban J connectivity index is 1.22. The molecule has 2 heterocycles. The van der Waals surface area contributed by atoms with E-state index in [2.05, 4.69) is 25.8 Å². The van der Waals surface area contributed by atoms with Crippen molar-refractivity contribution in [1.29, 1.82) is 0 Å².